The normalized spacial score (nSPS) is 22.6. The van der Waals surface area contributed by atoms with E-state index >= 15 is 0 Å². The Balaban J connectivity index is 2.14. The number of rotatable bonds is 5. The molecule has 1 aliphatic rings. The number of aromatic nitrogens is 2. The molecule has 2 rings (SSSR count). The summed E-state index contributed by atoms with van der Waals surface area (Å²) >= 11 is 6.14. The van der Waals surface area contributed by atoms with Gasteiger partial charge in [-0.05, 0) is 25.7 Å². The molecule has 0 spiro atoms. The van der Waals surface area contributed by atoms with Gasteiger partial charge >= 0.3 is 0 Å². The molecule has 2 unspecified atom stereocenters. The molecule has 1 aliphatic carbocycles. The van der Waals surface area contributed by atoms with Crippen molar-refractivity contribution in [2.24, 2.45) is 5.92 Å². The van der Waals surface area contributed by atoms with Gasteiger partial charge < -0.3 is 5.32 Å². The lowest BCUT2D eigenvalue weighted by molar-refractivity contribution is 0.769. The smallest absolute Gasteiger partial charge is 0.137 e. The molecule has 0 saturated heterocycles. The van der Waals surface area contributed by atoms with Crippen LogP contribution in [0, 0.1) is 12.8 Å². The van der Waals surface area contributed by atoms with E-state index in [1.54, 1.807) is 0 Å². The van der Waals surface area contributed by atoms with Gasteiger partial charge in [-0.15, -0.1) is 0 Å². The van der Waals surface area contributed by atoms with Crippen LogP contribution < -0.4 is 5.32 Å². The summed E-state index contributed by atoms with van der Waals surface area (Å²) < 4.78 is 0. The summed E-state index contributed by atoms with van der Waals surface area (Å²) in [6.07, 6.45) is 4.41. The number of hydrogen-bond donors (Lipinski definition) is 1. The fourth-order valence-electron chi connectivity index (χ4n) is 2.06. The van der Waals surface area contributed by atoms with Crippen molar-refractivity contribution < 1.29 is 0 Å². The lowest BCUT2D eigenvalue weighted by Gasteiger charge is -2.11. The maximum absolute atomic E-state index is 6.14. The van der Waals surface area contributed by atoms with E-state index in [0.717, 1.165) is 36.0 Å². The lowest BCUT2D eigenvalue weighted by Crippen LogP contribution is -2.10. The molecule has 17 heavy (non-hydrogen) atoms. The van der Waals surface area contributed by atoms with Crippen molar-refractivity contribution in [2.75, 3.05) is 5.32 Å². The summed E-state index contributed by atoms with van der Waals surface area (Å²) in [6.45, 7) is 6.33. The summed E-state index contributed by atoms with van der Waals surface area (Å²) in [7, 11) is 0. The Morgan fingerprint density at radius 1 is 1.35 bits per heavy atom. The monoisotopic (exact) mass is 253 g/mol. The van der Waals surface area contributed by atoms with E-state index in [-0.39, 0.29) is 0 Å². The summed E-state index contributed by atoms with van der Waals surface area (Å²) in [4.78, 5) is 8.87. The van der Waals surface area contributed by atoms with Crippen LogP contribution in [0.25, 0.3) is 0 Å². The zero-order chi connectivity index (χ0) is 12.4. The Labute approximate surface area is 108 Å². The van der Waals surface area contributed by atoms with Gasteiger partial charge in [-0.3, -0.25) is 0 Å². The third-order valence-electron chi connectivity index (χ3n) is 3.38. The van der Waals surface area contributed by atoms with Crippen molar-refractivity contribution in [1.29, 1.82) is 0 Å². The summed E-state index contributed by atoms with van der Waals surface area (Å²) in [5, 5.41) is 4.07. The number of nitrogens with one attached hydrogen (secondary N) is 1. The highest BCUT2D eigenvalue weighted by atomic mass is 35.5. The van der Waals surface area contributed by atoms with E-state index in [1.807, 2.05) is 6.92 Å². The van der Waals surface area contributed by atoms with Crippen LogP contribution in [0.5, 0.6) is 0 Å². The average molecular weight is 254 g/mol. The van der Waals surface area contributed by atoms with E-state index in [1.165, 1.54) is 12.8 Å². The molecular formula is C13H20ClN3. The molecule has 1 aromatic heterocycles. The van der Waals surface area contributed by atoms with Crippen LogP contribution in [0.1, 0.15) is 44.5 Å². The van der Waals surface area contributed by atoms with E-state index in [2.05, 4.69) is 29.1 Å². The van der Waals surface area contributed by atoms with E-state index in [0.29, 0.717) is 11.2 Å². The number of halogens is 1. The largest absolute Gasteiger partial charge is 0.367 e. The standard InChI is InChI=1S/C13H20ClN3/c1-4-6-11-16-12(14)8(3)13(17-11)15-10-7-9(10)5-2/h9-10H,4-7H2,1-3H3,(H,15,16,17). The fourth-order valence-corrected chi connectivity index (χ4v) is 2.25. The zero-order valence-corrected chi connectivity index (χ0v) is 11.5. The molecular weight excluding hydrogens is 234 g/mol. The van der Waals surface area contributed by atoms with Gasteiger partial charge in [0.2, 0.25) is 0 Å². The first-order chi connectivity index (χ1) is 8.15. The third kappa shape index (κ3) is 2.89. The van der Waals surface area contributed by atoms with Crippen LogP contribution in [0.3, 0.4) is 0 Å². The fraction of sp³-hybridized carbons (Fsp3) is 0.692. The molecule has 1 heterocycles. The number of nitrogens with zero attached hydrogens (tertiary/aromatic N) is 2. The van der Waals surface area contributed by atoms with Crippen LogP contribution in [0.2, 0.25) is 5.15 Å². The van der Waals surface area contributed by atoms with Gasteiger partial charge in [0, 0.05) is 18.0 Å². The Hall–Kier alpha value is -0.830. The summed E-state index contributed by atoms with van der Waals surface area (Å²) in [5.74, 6) is 2.58. The van der Waals surface area contributed by atoms with Crippen molar-refractivity contribution in [3.8, 4) is 0 Å². The molecule has 0 aromatic carbocycles. The van der Waals surface area contributed by atoms with Crippen LogP contribution in [-0.4, -0.2) is 16.0 Å². The van der Waals surface area contributed by atoms with Gasteiger partial charge in [0.1, 0.15) is 16.8 Å². The minimum absolute atomic E-state index is 0.583. The molecule has 1 aromatic rings. The van der Waals surface area contributed by atoms with Gasteiger partial charge in [-0.1, -0.05) is 31.9 Å². The quantitative estimate of drug-likeness (QED) is 0.815. The first kappa shape index (κ1) is 12.6. The van der Waals surface area contributed by atoms with Crippen molar-refractivity contribution >= 4 is 17.4 Å². The Morgan fingerprint density at radius 3 is 2.71 bits per heavy atom. The SMILES string of the molecule is CCCc1nc(Cl)c(C)c(NC2CC2CC)n1. The minimum atomic E-state index is 0.583. The number of hydrogen-bond acceptors (Lipinski definition) is 3. The first-order valence-electron chi connectivity index (χ1n) is 6.45. The van der Waals surface area contributed by atoms with Gasteiger partial charge in [0.15, 0.2) is 0 Å². The molecule has 0 amide bonds. The molecule has 1 N–H and O–H groups in total. The number of aryl methyl sites for hydroxylation is 1. The van der Waals surface area contributed by atoms with Crippen LogP contribution >= 0.6 is 11.6 Å². The van der Waals surface area contributed by atoms with Gasteiger partial charge in [-0.2, -0.15) is 0 Å². The average Bonchev–Trinajstić information content (AvgIpc) is 3.04. The molecule has 1 saturated carbocycles. The molecule has 0 bridgehead atoms. The molecule has 4 heteroatoms. The van der Waals surface area contributed by atoms with Gasteiger partial charge in [0.25, 0.3) is 0 Å². The predicted octanol–water partition coefficient (Wildman–Crippen LogP) is 3.60. The highest BCUT2D eigenvalue weighted by Crippen LogP contribution is 2.36. The van der Waals surface area contributed by atoms with Crippen molar-refractivity contribution in [3.05, 3.63) is 16.5 Å². The van der Waals surface area contributed by atoms with Crippen molar-refractivity contribution in [2.45, 2.75) is 52.5 Å². The number of anilines is 1. The molecule has 1 fully saturated rings. The van der Waals surface area contributed by atoms with Crippen LogP contribution in [0.4, 0.5) is 5.82 Å². The molecule has 94 valence electrons. The van der Waals surface area contributed by atoms with E-state index in [9.17, 15) is 0 Å². The Morgan fingerprint density at radius 2 is 2.12 bits per heavy atom. The summed E-state index contributed by atoms with van der Waals surface area (Å²) in [5.41, 5.74) is 0.966. The second kappa shape index (κ2) is 5.21. The topological polar surface area (TPSA) is 37.8 Å². The molecule has 2 atom stereocenters. The molecule has 0 radical (unpaired) electrons. The van der Waals surface area contributed by atoms with Crippen molar-refractivity contribution in [3.63, 3.8) is 0 Å². The van der Waals surface area contributed by atoms with Crippen molar-refractivity contribution in [1.82, 2.24) is 9.97 Å². The third-order valence-corrected chi connectivity index (χ3v) is 3.74. The van der Waals surface area contributed by atoms with Gasteiger partial charge in [0.05, 0.1) is 0 Å². The van der Waals surface area contributed by atoms with E-state index in [4.69, 9.17) is 11.6 Å². The maximum Gasteiger partial charge on any atom is 0.137 e. The van der Waals surface area contributed by atoms with Crippen LogP contribution in [-0.2, 0) is 6.42 Å². The molecule has 3 nitrogen and oxygen atoms in total. The Kier molecular flexibility index (Phi) is 3.87. The Bertz CT molecular complexity index is 406. The predicted molar refractivity (Wildman–Crippen MR) is 71.6 cm³/mol. The van der Waals surface area contributed by atoms with Crippen LogP contribution in [0.15, 0.2) is 0 Å². The lowest BCUT2D eigenvalue weighted by atomic mass is 10.3. The maximum atomic E-state index is 6.14. The first-order valence-corrected chi connectivity index (χ1v) is 6.83. The van der Waals surface area contributed by atoms with E-state index < -0.39 is 0 Å². The second-order valence-electron chi connectivity index (χ2n) is 4.81. The highest BCUT2D eigenvalue weighted by Gasteiger charge is 2.35. The highest BCUT2D eigenvalue weighted by molar-refractivity contribution is 6.30. The second-order valence-corrected chi connectivity index (χ2v) is 5.17. The summed E-state index contributed by atoms with van der Waals surface area (Å²) in [6, 6.07) is 0.583. The van der Waals surface area contributed by atoms with Gasteiger partial charge in [-0.25, -0.2) is 9.97 Å². The molecule has 0 aliphatic heterocycles. The zero-order valence-electron chi connectivity index (χ0n) is 10.8. The minimum Gasteiger partial charge on any atom is -0.367 e.